The fourth-order valence-electron chi connectivity index (χ4n) is 6.06. The quantitative estimate of drug-likeness (QED) is 0.0665. The van der Waals surface area contributed by atoms with Crippen molar-refractivity contribution >= 4 is 56.8 Å². The lowest BCUT2D eigenvalue weighted by Gasteiger charge is -2.26. The predicted octanol–water partition coefficient (Wildman–Crippen LogP) is 5.37. The number of rotatable bonds is 14. The molecule has 0 unspecified atom stereocenters. The molecule has 15 heteroatoms. The summed E-state index contributed by atoms with van der Waals surface area (Å²) < 4.78 is 21.6. The number of fused-ring (bicyclic) bond motifs is 2. The average Bonchev–Trinajstić information content (AvgIpc) is 3.16. The Labute approximate surface area is 302 Å². The number of nitrogens with one attached hydrogen (secondary N) is 1. The van der Waals surface area contributed by atoms with Gasteiger partial charge in [-0.2, -0.15) is 0 Å². The third kappa shape index (κ3) is 7.88. The summed E-state index contributed by atoms with van der Waals surface area (Å²) >= 11 is 0. The molecule has 0 saturated carbocycles. The summed E-state index contributed by atoms with van der Waals surface area (Å²) in [5.74, 6) is -3.62. The second-order valence-corrected chi connectivity index (χ2v) is 11.8. The standard InChI is InChI=1S/C38H38N4O11/c1-6-40(7-2)24-16-14-22-18-27(35(44)51-30(22)20-24)34(43)39-32(38(47)50-5)33(26-12-10-11-13-29(26)42(48)49)53-37(46)28-19-23-15-17-25(41(8-3)9-4)21-31(23)52-36(28)45/h10-21,32-33H,6-9H2,1-5H3,(H,39,43)/t32-,33+/m0/s1. The minimum absolute atomic E-state index is 0.199. The number of nitro groups is 1. The summed E-state index contributed by atoms with van der Waals surface area (Å²) in [5.41, 5.74) is -2.08. The van der Waals surface area contributed by atoms with Crippen molar-refractivity contribution in [1.82, 2.24) is 5.32 Å². The maximum absolute atomic E-state index is 13.7. The van der Waals surface area contributed by atoms with Crippen LogP contribution in [0, 0.1) is 10.1 Å². The number of carbonyl (C=O) groups excluding carboxylic acids is 3. The number of para-hydroxylation sites is 1. The van der Waals surface area contributed by atoms with Gasteiger partial charge in [-0.15, -0.1) is 0 Å². The number of amides is 1. The fourth-order valence-corrected chi connectivity index (χ4v) is 6.06. The summed E-state index contributed by atoms with van der Waals surface area (Å²) in [4.78, 5) is 82.5. The van der Waals surface area contributed by atoms with Gasteiger partial charge in [0.15, 0.2) is 12.1 Å². The van der Waals surface area contributed by atoms with E-state index in [9.17, 15) is 34.1 Å². The van der Waals surface area contributed by atoms with Gasteiger partial charge in [-0.05, 0) is 70.2 Å². The molecule has 15 nitrogen and oxygen atoms in total. The van der Waals surface area contributed by atoms with Crippen LogP contribution in [-0.4, -0.2) is 62.1 Å². The lowest BCUT2D eigenvalue weighted by atomic mass is 9.99. The fraction of sp³-hybridized carbons (Fsp3) is 0.289. The Morgan fingerprint density at radius 1 is 0.774 bits per heavy atom. The normalized spacial score (nSPS) is 12.2. The molecule has 1 N–H and O–H groups in total. The Morgan fingerprint density at radius 3 is 1.79 bits per heavy atom. The average molecular weight is 727 g/mol. The Balaban J connectivity index is 1.55. The number of methoxy groups -OCH3 is 1. The molecular formula is C38H38N4O11. The highest BCUT2D eigenvalue weighted by molar-refractivity contribution is 5.99. The van der Waals surface area contributed by atoms with Gasteiger partial charge in [-0.1, -0.05) is 12.1 Å². The highest BCUT2D eigenvalue weighted by Crippen LogP contribution is 2.32. The number of ether oxygens (including phenoxy) is 2. The van der Waals surface area contributed by atoms with Gasteiger partial charge in [-0.3, -0.25) is 14.9 Å². The summed E-state index contributed by atoms with van der Waals surface area (Å²) in [5, 5.41) is 15.2. The number of anilines is 2. The molecule has 2 atom stereocenters. The van der Waals surface area contributed by atoms with E-state index in [-0.39, 0.29) is 16.7 Å². The van der Waals surface area contributed by atoms with Crippen LogP contribution >= 0.6 is 0 Å². The van der Waals surface area contributed by atoms with E-state index in [1.807, 2.05) is 37.5 Å². The van der Waals surface area contributed by atoms with E-state index in [0.29, 0.717) is 37.0 Å². The van der Waals surface area contributed by atoms with Gasteiger partial charge in [0, 0.05) is 66.5 Å². The molecule has 2 aromatic heterocycles. The maximum atomic E-state index is 13.7. The van der Waals surface area contributed by atoms with Crippen LogP contribution in [-0.2, 0) is 14.3 Å². The van der Waals surface area contributed by atoms with E-state index in [1.54, 1.807) is 36.4 Å². The zero-order chi connectivity index (χ0) is 38.4. The van der Waals surface area contributed by atoms with Gasteiger partial charge in [0.25, 0.3) is 11.6 Å². The monoisotopic (exact) mass is 726 g/mol. The van der Waals surface area contributed by atoms with Crippen molar-refractivity contribution in [3.8, 4) is 0 Å². The number of esters is 2. The predicted molar refractivity (Wildman–Crippen MR) is 197 cm³/mol. The van der Waals surface area contributed by atoms with Crippen molar-refractivity contribution in [3.05, 3.63) is 120 Å². The van der Waals surface area contributed by atoms with Crippen molar-refractivity contribution in [1.29, 1.82) is 0 Å². The van der Waals surface area contributed by atoms with Gasteiger partial charge >= 0.3 is 23.2 Å². The van der Waals surface area contributed by atoms with Gasteiger partial charge in [0.2, 0.25) is 0 Å². The Hall–Kier alpha value is -6.51. The topological polar surface area (TPSA) is 192 Å². The first-order valence-electron chi connectivity index (χ1n) is 16.9. The van der Waals surface area contributed by atoms with Crippen molar-refractivity contribution in [3.63, 3.8) is 0 Å². The molecular weight excluding hydrogens is 688 g/mol. The molecule has 0 aliphatic carbocycles. The van der Waals surface area contributed by atoms with Crippen molar-refractivity contribution in [2.45, 2.75) is 39.8 Å². The number of hydrogen-bond acceptors (Lipinski definition) is 13. The molecule has 1 amide bonds. The van der Waals surface area contributed by atoms with E-state index >= 15 is 0 Å². The van der Waals surface area contributed by atoms with Crippen molar-refractivity contribution in [2.24, 2.45) is 0 Å². The second-order valence-electron chi connectivity index (χ2n) is 11.8. The molecule has 0 aliphatic rings. The third-order valence-corrected chi connectivity index (χ3v) is 8.88. The van der Waals surface area contributed by atoms with E-state index < -0.39 is 63.0 Å². The molecule has 2 heterocycles. The number of benzene rings is 3. The first-order valence-corrected chi connectivity index (χ1v) is 16.9. The highest BCUT2D eigenvalue weighted by atomic mass is 16.6. The summed E-state index contributed by atoms with van der Waals surface area (Å²) in [6.07, 6.45) is -1.94. The molecule has 5 rings (SSSR count). The van der Waals surface area contributed by atoms with E-state index in [2.05, 4.69) is 5.32 Å². The zero-order valence-corrected chi connectivity index (χ0v) is 29.7. The third-order valence-electron chi connectivity index (χ3n) is 8.88. The molecule has 0 bridgehead atoms. The maximum Gasteiger partial charge on any atom is 0.351 e. The van der Waals surface area contributed by atoms with Crippen LogP contribution in [0.25, 0.3) is 21.9 Å². The van der Waals surface area contributed by atoms with Crippen molar-refractivity contribution in [2.75, 3.05) is 43.1 Å². The SMILES string of the molecule is CCN(CC)c1ccc2cc(C(=O)N[C@H](C(=O)OC)[C@H](OC(=O)c3cc4ccc(N(CC)CC)cc4oc3=O)c3ccccc3[N+](=O)[O-])c(=O)oc2c1. The highest BCUT2D eigenvalue weighted by Gasteiger charge is 2.40. The Bertz CT molecular complexity index is 2310. The smallest absolute Gasteiger partial charge is 0.351 e. The largest absolute Gasteiger partial charge is 0.467 e. The Kier molecular flexibility index (Phi) is 11.6. The number of hydrogen-bond donors (Lipinski definition) is 1. The minimum Gasteiger partial charge on any atom is -0.467 e. The van der Waals surface area contributed by atoms with Gasteiger partial charge in [-0.25, -0.2) is 19.2 Å². The second kappa shape index (κ2) is 16.2. The van der Waals surface area contributed by atoms with Crippen molar-refractivity contribution < 1.29 is 37.6 Å². The Morgan fingerprint density at radius 2 is 1.28 bits per heavy atom. The van der Waals surface area contributed by atoms with Crippen LogP contribution in [0.5, 0.6) is 0 Å². The van der Waals surface area contributed by atoms with E-state index in [0.717, 1.165) is 24.6 Å². The van der Waals surface area contributed by atoms with Gasteiger partial charge < -0.3 is 33.4 Å². The molecule has 276 valence electrons. The van der Waals surface area contributed by atoms with Crippen LogP contribution in [0.3, 0.4) is 0 Å². The molecule has 53 heavy (non-hydrogen) atoms. The van der Waals surface area contributed by atoms with Gasteiger partial charge in [0.05, 0.1) is 17.6 Å². The van der Waals surface area contributed by atoms with Crippen LogP contribution in [0.2, 0.25) is 0 Å². The summed E-state index contributed by atoms with van der Waals surface area (Å²) in [6, 6.07) is 15.8. The van der Waals surface area contributed by atoms with Gasteiger partial charge in [0.1, 0.15) is 22.3 Å². The van der Waals surface area contributed by atoms with E-state index in [1.165, 1.54) is 30.3 Å². The number of nitro benzene ring substituents is 1. The number of nitrogens with zero attached hydrogens (tertiary/aromatic N) is 3. The lowest BCUT2D eigenvalue weighted by molar-refractivity contribution is -0.386. The minimum atomic E-state index is -1.96. The lowest BCUT2D eigenvalue weighted by Crippen LogP contribution is -2.48. The first-order chi connectivity index (χ1) is 25.4. The molecule has 0 aliphatic heterocycles. The van der Waals surface area contributed by atoms with Crippen LogP contribution in [0.1, 0.15) is 60.1 Å². The van der Waals surface area contributed by atoms with Crippen LogP contribution < -0.4 is 26.4 Å². The molecule has 0 radical (unpaired) electrons. The zero-order valence-electron chi connectivity index (χ0n) is 29.7. The molecule has 3 aromatic carbocycles. The molecule has 0 saturated heterocycles. The molecule has 5 aromatic rings. The molecule has 0 spiro atoms. The summed E-state index contributed by atoms with van der Waals surface area (Å²) in [6.45, 7) is 10.7. The first kappa shape index (κ1) is 37.7. The number of carbonyl (C=O) groups is 3. The van der Waals surface area contributed by atoms with Crippen LogP contribution in [0.15, 0.2) is 91.2 Å². The summed E-state index contributed by atoms with van der Waals surface area (Å²) in [7, 11) is 0.988. The molecule has 0 fully saturated rings. The van der Waals surface area contributed by atoms with Crippen LogP contribution in [0.4, 0.5) is 17.1 Å². The van der Waals surface area contributed by atoms with E-state index in [4.69, 9.17) is 18.3 Å².